The minimum absolute atomic E-state index is 0.110. The molecule has 7 nitrogen and oxygen atoms in total. The van der Waals surface area contributed by atoms with Crippen LogP contribution in [0.2, 0.25) is 0 Å². The van der Waals surface area contributed by atoms with Crippen molar-refractivity contribution in [3.05, 3.63) is 64.2 Å². The summed E-state index contributed by atoms with van der Waals surface area (Å²) in [5.74, 6) is 0.423. The number of rotatable bonds is 6. The Bertz CT molecular complexity index is 1090. The zero-order chi connectivity index (χ0) is 24.4. The largest absolute Gasteiger partial charge is 0.464 e. The molecule has 0 bridgehead atoms. The van der Waals surface area contributed by atoms with Crippen LogP contribution in [-0.2, 0) is 9.53 Å². The second-order valence-corrected chi connectivity index (χ2v) is 9.94. The molecule has 0 amide bonds. The lowest BCUT2D eigenvalue weighted by molar-refractivity contribution is -0.147. The Kier molecular flexibility index (Phi) is 7.09. The van der Waals surface area contributed by atoms with Crippen molar-refractivity contribution in [2.45, 2.75) is 76.3 Å². The third kappa shape index (κ3) is 4.81. The minimum Gasteiger partial charge on any atom is -0.464 e. The van der Waals surface area contributed by atoms with Crippen molar-refractivity contribution >= 4 is 23.9 Å². The van der Waals surface area contributed by atoms with E-state index in [2.05, 4.69) is 17.2 Å². The standard InChI is InChI=1S/C26H31ClFN5O2/c1-2-3-13-35-26(34)25-20-11-8-18(27)14-22(20)30-15-23-32(25)16-31-33(23)19-9-6-17(7-10-19)24-21(28)5-4-12-29-24/h4-5,12,14-17,19,25,30H,2-3,6-11,13H2,1H3. The number of hydrogen-bond donors (Lipinski definition) is 1. The van der Waals surface area contributed by atoms with Crippen molar-refractivity contribution < 1.29 is 13.9 Å². The monoisotopic (exact) mass is 499 g/mol. The molecule has 2 aliphatic heterocycles. The first-order chi connectivity index (χ1) is 17.1. The summed E-state index contributed by atoms with van der Waals surface area (Å²) in [7, 11) is 0. The van der Waals surface area contributed by atoms with E-state index in [9.17, 15) is 9.18 Å². The number of unbranched alkanes of at least 4 members (excludes halogenated alkanes) is 1. The van der Waals surface area contributed by atoms with Crippen LogP contribution in [0.1, 0.15) is 69.9 Å². The van der Waals surface area contributed by atoms with Crippen molar-refractivity contribution in [2.75, 3.05) is 6.61 Å². The number of hydrazone groups is 1. The van der Waals surface area contributed by atoms with Crippen molar-refractivity contribution in [1.29, 1.82) is 0 Å². The zero-order valence-corrected chi connectivity index (χ0v) is 20.7. The van der Waals surface area contributed by atoms with E-state index in [4.69, 9.17) is 21.4 Å². The van der Waals surface area contributed by atoms with E-state index in [0.717, 1.165) is 60.6 Å². The van der Waals surface area contributed by atoms with Crippen LogP contribution in [0.5, 0.6) is 0 Å². The third-order valence-corrected chi connectivity index (χ3v) is 7.52. The molecule has 0 aromatic carbocycles. The van der Waals surface area contributed by atoms with Crippen molar-refractivity contribution in [3.8, 4) is 0 Å². The van der Waals surface area contributed by atoms with Gasteiger partial charge in [0.15, 0.2) is 6.04 Å². The number of nitrogens with zero attached hydrogens (tertiary/aromatic N) is 4. The summed E-state index contributed by atoms with van der Waals surface area (Å²) in [5.41, 5.74) is 2.37. The van der Waals surface area contributed by atoms with Crippen LogP contribution >= 0.6 is 11.6 Å². The summed E-state index contributed by atoms with van der Waals surface area (Å²) in [6.45, 7) is 2.47. The summed E-state index contributed by atoms with van der Waals surface area (Å²) in [6.07, 6.45) is 13.7. The predicted octanol–water partition coefficient (Wildman–Crippen LogP) is 5.09. The van der Waals surface area contributed by atoms with E-state index >= 15 is 0 Å². The second kappa shape index (κ2) is 10.4. The van der Waals surface area contributed by atoms with E-state index in [-0.39, 0.29) is 23.7 Å². The Hall–Kier alpha value is -2.87. The molecule has 3 heterocycles. The highest BCUT2D eigenvalue weighted by Crippen LogP contribution is 2.40. The molecule has 1 aromatic heterocycles. The SMILES string of the molecule is CCCCOC(=O)C1C2=C(C=C(Cl)CC2)NC=C2N1C=NN2C1CCC(c2ncccc2F)CC1. The van der Waals surface area contributed by atoms with Crippen LogP contribution < -0.4 is 5.32 Å². The Morgan fingerprint density at radius 3 is 2.89 bits per heavy atom. The number of ether oxygens (including phenoxy) is 1. The van der Waals surface area contributed by atoms with Crippen LogP contribution in [0.25, 0.3) is 0 Å². The molecule has 1 N–H and O–H groups in total. The number of aromatic nitrogens is 1. The van der Waals surface area contributed by atoms with Crippen LogP contribution in [0.15, 0.2) is 57.8 Å². The zero-order valence-electron chi connectivity index (χ0n) is 19.9. The number of esters is 1. The van der Waals surface area contributed by atoms with Crippen LogP contribution in [-0.4, -0.2) is 45.9 Å². The molecule has 0 radical (unpaired) electrons. The Morgan fingerprint density at radius 2 is 2.11 bits per heavy atom. The molecule has 5 rings (SSSR count). The van der Waals surface area contributed by atoms with Gasteiger partial charge in [0.05, 0.1) is 18.3 Å². The van der Waals surface area contributed by atoms with E-state index in [1.807, 2.05) is 22.2 Å². The van der Waals surface area contributed by atoms with Gasteiger partial charge in [-0.2, -0.15) is 5.10 Å². The predicted molar refractivity (Wildman–Crippen MR) is 132 cm³/mol. The molecule has 186 valence electrons. The lowest BCUT2D eigenvalue weighted by Gasteiger charge is -2.36. The molecular weight excluding hydrogens is 469 g/mol. The van der Waals surface area contributed by atoms with Gasteiger partial charge in [0, 0.05) is 29.0 Å². The van der Waals surface area contributed by atoms with E-state index in [1.165, 1.54) is 6.07 Å². The lowest BCUT2D eigenvalue weighted by atomic mass is 9.83. The quantitative estimate of drug-likeness (QED) is 0.434. The van der Waals surface area contributed by atoms with E-state index in [0.29, 0.717) is 25.1 Å². The number of pyridine rings is 1. The van der Waals surface area contributed by atoms with Gasteiger partial charge < -0.3 is 10.1 Å². The fourth-order valence-corrected chi connectivity index (χ4v) is 5.56. The fraction of sp³-hybridized carbons (Fsp3) is 0.500. The average molecular weight is 500 g/mol. The average Bonchev–Trinajstić information content (AvgIpc) is 3.21. The third-order valence-electron chi connectivity index (χ3n) is 7.23. The van der Waals surface area contributed by atoms with Crippen molar-refractivity contribution in [2.24, 2.45) is 5.10 Å². The molecule has 0 saturated heterocycles. The van der Waals surface area contributed by atoms with Gasteiger partial charge in [0.1, 0.15) is 18.0 Å². The topological polar surface area (TPSA) is 70.1 Å². The van der Waals surface area contributed by atoms with Gasteiger partial charge in [-0.25, -0.2) is 14.2 Å². The first-order valence-corrected chi connectivity index (χ1v) is 12.9. The summed E-state index contributed by atoms with van der Waals surface area (Å²) in [5, 5.41) is 10.8. The highest BCUT2D eigenvalue weighted by molar-refractivity contribution is 6.29. The Morgan fingerprint density at radius 1 is 1.29 bits per heavy atom. The van der Waals surface area contributed by atoms with Gasteiger partial charge in [-0.05, 0) is 68.7 Å². The molecular formula is C26H31ClFN5O2. The smallest absolute Gasteiger partial charge is 0.333 e. The molecule has 9 heteroatoms. The number of hydrogen-bond acceptors (Lipinski definition) is 7. The first kappa shape index (κ1) is 23.9. The van der Waals surface area contributed by atoms with Gasteiger partial charge in [-0.3, -0.25) is 9.88 Å². The number of carbonyl (C=O) groups excluding carboxylic acids is 1. The minimum atomic E-state index is -0.586. The number of carbonyl (C=O) groups is 1. The van der Waals surface area contributed by atoms with Crippen molar-refractivity contribution in [1.82, 2.24) is 20.2 Å². The lowest BCUT2D eigenvalue weighted by Crippen LogP contribution is -2.44. The molecule has 1 fully saturated rings. The maximum absolute atomic E-state index is 14.3. The van der Waals surface area contributed by atoms with E-state index < -0.39 is 6.04 Å². The number of nitrogens with one attached hydrogen (secondary N) is 1. The summed E-state index contributed by atoms with van der Waals surface area (Å²) < 4.78 is 19.9. The van der Waals surface area contributed by atoms with Crippen LogP contribution in [0.4, 0.5) is 4.39 Å². The van der Waals surface area contributed by atoms with Gasteiger partial charge >= 0.3 is 5.97 Å². The fourth-order valence-electron chi connectivity index (χ4n) is 5.35. The Labute approximate surface area is 210 Å². The normalized spacial score (nSPS) is 25.9. The van der Waals surface area contributed by atoms with Gasteiger partial charge in [0.2, 0.25) is 0 Å². The first-order valence-electron chi connectivity index (χ1n) is 12.5. The number of allylic oxidation sites excluding steroid dienone is 2. The van der Waals surface area contributed by atoms with Crippen LogP contribution in [0, 0.1) is 5.82 Å². The number of halogens is 2. The van der Waals surface area contributed by atoms with Crippen LogP contribution in [0.3, 0.4) is 0 Å². The molecule has 1 unspecified atom stereocenters. The summed E-state index contributed by atoms with van der Waals surface area (Å²) in [4.78, 5) is 19.5. The van der Waals surface area contributed by atoms with Gasteiger partial charge in [-0.15, -0.1) is 0 Å². The second-order valence-electron chi connectivity index (χ2n) is 9.46. The molecule has 1 saturated carbocycles. The maximum atomic E-state index is 14.3. The number of fused-ring (bicyclic) bond motifs is 1. The van der Waals surface area contributed by atoms with E-state index in [1.54, 1.807) is 18.6 Å². The molecule has 35 heavy (non-hydrogen) atoms. The Balaban J connectivity index is 1.35. The molecule has 1 aromatic rings. The molecule has 2 aliphatic carbocycles. The maximum Gasteiger partial charge on any atom is 0.333 e. The molecule has 1 atom stereocenters. The highest BCUT2D eigenvalue weighted by atomic mass is 35.5. The summed E-state index contributed by atoms with van der Waals surface area (Å²) in [6, 6.07) is 2.67. The molecule has 0 spiro atoms. The highest BCUT2D eigenvalue weighted by Gasteiger charge is 2.42. The van der Waals surface area contributed by atoms with Crippen molar-refractivity contribution in [3.63, 3.8) is 0 Å². The summed E-state index contributed by atoms with van der Waals surface area (Å²) >= 11 is 6.33. The van der Waals surface area contributed by atoms with Gasteiger partial charge in [-0.1, -0.05) is 24.9 Å². The van der Waals surface area contributed by atoms with Gasteiger partial charge in [0.25, 0.3) is 0 Å². The molecule has 4 aliphatic rings.